The van der Waals surface area contributed by atoms with Crippen LogP contribution in [0.1, 0.15) is 17.2 Å². The molecular formula is C13H12N2. The molecule has 0 fully saturated rings. The fourth-order valence-electron chi connectivity index (χ4n) is 2.08. The smallest absolute Gasteiger partial charge is 0.0555 e. The van der Waals surface area contributed by atoms with E-state index in [2.05, 4.69) is 34.6 Å². The molecule has 1 N–H and O–H groups in total. The Bertz CT molecular complexity index is 440. The molecule has 3 rings (SSSR count). The van der Waals surface area contributed by atoms with Crippen molar-refractivity contribution in [2.24, 2.45) is 0 Å². The molecule has 1 atom stereocenters. The second kappa shape index (κ2) is 3.39. The first-order valence-electron chi connectivity index (χ1n) is 5.18. The summed E-state index contributed by atoms with van der Waals surface area (Å²) in [7, 11) is 0. The van der Waals surface area contributed by atoms with Crippen LogP contribution in [-0.2, 0) is 6.42 Å². The molecule has 0 bridgehead atoms. The lowest BCUT2D eigenvalue weighted by Crippen LogP contribution is -2.04. The van der Waals surface area contributed by atoms with Crippen molar-refractivity contribution in [1.82, 2.24) is 4.98 Å². The second-order valence-corrected chi connectivity index (χ2v) is 3.84. The monoisotopic (exact) mass is 196 g/mol. The van der Waals surface area contributed by atoms with E-state index in [1.54, 1.807) is 0 Å². The highest BCUT2D eigenvalue weighted by molar-refractivity contribution is 5.56. The fourth-order valence-corrected chi connectivity index (χ4v) is 2.08. The normalized spacial score (nSPS) is 18.3. The van der Waals surface area contributed by atoms with Crippen molar-refractivity contribution in [3.63, 3.8) is 0 Å². The van der Waals surface area contributed by atoms with Crippen LogP contribution in [0.25, 0.3) is 0 Å². The summed E-state index contributed by atoms with van der Waals surface area (Å²) >= 11 is 0. The van der Waals surface area contributed by atoms with Crippen molar-refractivity contribution < 1.29 is 0 Å². The Kier molecular flexibility index (Phi) is 1.91. The zero-order valence-electron chi connectivity index (χ0n) is 8.35. The number of aromatic nitrogens is 1. The van der Waals surface area contributed by atoms with Crippen LogP contribution in [0, 0.1) is 0 Å². The van der Waals surface area contributed by atoms with Crippen LogP contribution < -0.4 is 5.32 Å². The molecule has 2 nitrogen and oxygen atoms in total. The Balaban J connectivity index is 1.91. The Morgan fingerprint density at radius 1 is 1.13 bits per heavy atom. The van der Waals surface area contributed by atoms with Crippen molar-refractivity contribution in [1.29, 1.82) is 0 Å². The summed E-state index contributed by atoms with van der Waals surface area (Å²) in [6.07, 6.45) is 4.82. The SMILES string of the molecule is c1ccc(C2Cc3cnccc3N2)cc1. The van der Waals surface area contributed by atoms with E-state index in [0.717, 1.165) is 6.42 Å². The van der Waals surface area contributed by atoms with Gasteiger partial charge < -0.3 is 5.32 Å². The molecule has 1 aromatic heterocycles. The number of nitrogens with zero attached hydrogens (tertiary/aromatic N) is 1. The van der Waals surface area contributed by atoms with E-state index in [0.29, 0.717) is 6.04 Å². The summed E-state index contributed by atoms with van der Waals surface area (Å²) in [4.78, 5) is 4.14. The third-order valence-electron chi connectivity index (χ3n) is 2.86. The van der Waals surface area contributed by atoms with Gasteiger partial charge in [0.1, 0.15) is 0 Å². The number of nitrogens with one attached hydrogen (secondary N) is 1. The Labute approximate surface area is 89.0 Å². The first-order valence-corrected chi connectivity index (χ1v) is 5.18. The minimum atomic E-state index is 0.408. The van der Waals surface area contributed by atoms with Crippen molar-refractivity contribution in [3.05, 3.63) is 59.9 Å². The van der Waals surface area contributed by atoms with Gasteiger partial charge in [-0.25, -0.2) is 0 Å². The van der Waals surface area contributed by atoms with Crippen LogP contribution >= 0.6 is 0 Å². The molecule has 2 aromatic rings. The maximum atomic E-state index is 4.14. The number of anilines is 1. The van der Waals surface area contributed by atoms with E-state index in [1.807, 2.05) is 24.5 Å². The van der Waals surface area contributed by atoms with Crippen LogP contribution in [0.4, 0.5) is 5.69 Å². The number of hydrogen-bond acceptors (Lipinski definition) is 2. The molecule has 1 aromatic carbocycles. The van der Waals surface area contributed by atoms with Crippen LogP contribution in [-0.4, -0.2) is 4.98 Å². The first-order chi connectivity index (χ1) is 7.43. The number of benzene rings is 1. The van der Waals surface area contributed by atoms with Crippen LogP contribution in [0.3, 0.4) is 0 Å². The number of fused-ring (bicyclic) bond motifs is 1. The molecule has 0 amide bonds. The minimum Gasteiger partial charge on any atom is -0.378 e. The van der Waals surface area contributed by atoms with E-state index in [9.17, 15) is 0 Å². The Morgan fingerprint density at radius 2 is 2.00 bits per heavy atom. The maximum Gasteiger partial charge on any atom is 0.0555 e. The third-order valence-corrected chi connectivity index (χ3v) is 2.86. The molecule has 74 valence electrons. The molecule has 2 heterocycles. The predicted molar refractivity (Wildman–Crippen MR) is 60.7 cm³/mol. The van der Waals surface area contributed by atoms with E-state index in [1.165, 1.54) is 16.8 Å². The number of rotatable bonds is 1. The van der Waals surface area contributed by atoms with Gasteiger partial charge in [0.05, 0.1) is 6.04 Å². The van der Waals surface area contributed by atoms with E-state index in [4.69, 9.17) is 0 Å². The molecule has 2 heteroatoms. The lowest BCUT2D eigenvalue weighted by Gasteiger charge is -2.10. The van der Waals surface area contributed by atoms with Gasteiger partial charge in [-0.2, -0.15) is 0 Å². The van der Waals surface area contributed by atoms with Crippen LogP contribution in [0.5, 0.6) is 0 Å². The van der Waals surface area contributed by atoms with Gasteiger partial charge in [-0.3, -0.25) is 4.98 Å². The summed E-state index contributed by atoms with van der Waals surface area (Å²) in [5.41, 5.74) is 3.87. The molecule has 1 unspecified atom stereocenters. The molecule has 0 aliphatic carbocycles. The zero-order valence-corrected chi connectivity index (χ0v) is 8.35. The van der Waals surface area contributed by atoms with Gasteiger partial charge in [0.15, 0.2) is 0 Å². The third kappa shape index (κ3) is 1.48. The largest absolute Gasteiger partial charge is 0.378 e. The second-order valence-electron chi connectivity index (χ2n) is 3.84. The highest BCUT2D eigenvalue weighted by atomic mass is 15.0. The van der Waals surface area contributed by atoms with Crippen molar-refractivity contribution >= 4 is 5.69 Å². The summed E-state index contributed by atoms with van der Waals surface area (Å²) in [6, 6.07) is 13.0. The Hall–Kier alpha value is -1.83. The fraction of sp³-hybridized carbons (Fsp3) is 0.154. The minimum absolute atomic E-state index is 0.408. The van der Waals surface area contributed by atoms with Crippen LogP contribution in [0.2, 0.25) is 0 Å². The summed E-state index contributed by atoms with van der Waals surface area (Å²) in [5.74, 6) is 0. The average molecular weight is 196 g/mol. The molecular weight excluding hydrogens is 184 g/mol. The molecule has 0 spiro atoms. The van der Waals surface area contributed by atoms with Gasteiger partial charge in [-0.15, -0.1) is 0 Å². The topological polar surface area (TPSA) is 24.9 Å². The highest BCUT2D eigenvalue weighted by Gasteiger charge is 2.21. The molecule has 0 radical (unpaired) electrons. The summed E-state index contributed by atoms with van der Waals surface area (Å²) in [5, 5.41) is 3.51. The van der Waals surface area contributed by atoms with E-state index < -0.39 is 0 Å². The van der Waals surface area contributed by atoms with Gasteiger partial charge in [-0.1, -0.05) is 30.3 Å². The Morgan fingerprint density at radius 3 is 2.80 bits per heavy atom. The predicted octanol–water partition coefficient (Wildman–Crippen LogP) is 2.79. The lowest BCUT2D eigenvalue weighted by atomic mass is 10.0. The summed E-state index contributed by atoms with van der Waals surface area (Å²) in [6.45, 7) is 0. The zero-order chi connectivity index (χ0) is 10.1. The lowest BCUT2D eigenvalue weighted by molar-refractivity contribution is 0.823. The molecule has 0 saturated heterocycles. The van der Waals surface area contributed by atoms with Gasteiger partial charge in [-0.05, 0) is 17.2 Å². The van der Waals surface area contributed by atoms with Gasteiger partial charge in [0.25, 0.3) is 0 Å². The van der Waals surface area contributed by atoms with Gasteiger partial charge in [0.2, 0.25) is 0 Å². The maximum absolute atomic E-state index is 4.14. The summed E-state index contributed by atoms with van der Waals surface area (Å²) < 4.78 is 0. The molecule has 0 saturated carbocycles. The highest BCUT2D eigenvalue weighted by Crippen LogP contribution is 2.32. The van der Waals surface area contributed by atoms with Gasteiger partial charge in [0, 0.05) is 24.5 Å². The van der Waals surface area contributed by atoms with E-state index in [-0.39, 0.29) is 0 Å². The van der Waals surface area contributed by atoms with Crippen LogP contribution in [0.15, 0.2) is 48.8 Å². The van der Waals surface area contributed by atoms with Crippen molar-refractivity contribution in [2.75, 3.05) is 5.32 Å². The van der Waals surface area contributed by atoms with Crippen molar-refractivity contribution in [3.8, 4) is 0 Å². The average Bonchev–Trinajstić information content (AvgIpc) is 2.74. The molecule has 1 aliphatic rings. The molecule has 15 heavy (non-hydrogen) atoms. The number of pyridine rings is 1. The van der Waals surface area contributed by atoms with Gasteiger partial charge >= 0.3 is 0 Å². The standard InChI is InChI=1S/C13H12N2/c1-2-4-10(5-3-1)13-8-11-9-14-7-6-12(11)15-13/h1-7,9,13,15H,8H2. The quantitative estimate of drug-likeness (QED) is 0.758. The molecule has 1 aliphatic heterocycles. The van der Waals surface area contributed by atoms with E-state index >= 15 is 0 Å². The van der Waals surface area contributed by atoms with Crippen molar-refractivity contribution in [2.45, 2.75) is 12.5 Å². The number of hydrogen-bond donors (Lipinski definition) is 1. The first kappa shape index (κ1) is 8.48.